The van der Waals surface area contributed by atoms with E-state index in [0.29, 0.717) is 19.3 Å². The molecule has 0 rings (SSSR count). The zero-order valence-electron chi connectivity index (χ0n) is 48.4. The standard InChI is InChI=1S/C67H118O6/c1-4-7-10-13-16-19-22-24-26-28-30-31-32-33-34-35-36-37-38-40-41-43-45-48-51-54-57-60-66(69)72-63-64(62-71-65(68)59-56-53-50-47-21-18-15-12-9-6-3)73-67(70)61-58-55-52-49-46-44-42-39-29-27-25-23-20-17-14-11-8-5-2/h12,15,20,22-24,27-30,32-33,64H,4-11,13-14,16-19,21,25-26,31,34-63H2,1-3H3/b15-12-,23-20-,24-22-,29-27-,30-28-,33-32-. The van der Waals surface area contributed by atoms with Gasteiger partial charge in [-0.2, -0.15) is 0 Å². The minimum absolute atomic E-state index is 0.0811. The van der Waals surface area contributed by atoms with Crippen molar-refractivity contribution in [2.24, 2.45) is 0 Å². The molecule has 0 aliphatic rings. The molecule has 0 N–H and O–H groups in total. The number of carbonyl (C=O) groups is 3. The molecule has 1 unspecified atom stereocenters. The molecule has 0 saturated heterocycles. The summed E-state index contributed by atoms with van der Waals surface area (Å²) in [6.45, 7) is 6.56. The second-order valence-electron chi connectivity index (χ2n) is 21.0. The molecule has 0 bridgehead atoms. The van der Waals surface area contributed by atoms with Crippen molar-refractivity contribution in [2.45, 2.75) is 322 Å². The second-order valence-corrected chi connectivity index (χ2v) is 21.0. The molecule has 0 aromatic rings. The van der Waals surface area contributed by atoms with Crippen LogP contribution >= 0.6 is 0 Å². The molecule has 0 aromatic carbocycles. The average Bonchev–Trinajstić information content (AvgIpc) is 3.39. The summed E-state index contributed by atoms with van der Waals surface area (Å²) in [5.74, 6) is -0.891. The lowest BCUT2D eigenvalue weighted by Crippen LogP contribution is -2.30. The third-order valence-corrected chi connectivity index (χ3v) is 13.6. The fraction of sp³-hybridized carbons (Fsp3) is 0.776. The molecule has 6 nitrogen and oxygen atoms in total. The van der Waals surface area contributed by atoms with Gasteiger partial charge >= 0.3 is 17.9 Å². The van der Waals surface area contributed by atoms with Gasteiger partial charge in [0, 0.05) is 19.3 Å². The predicted octanol–water partition coefficient (Wildman–Crippen LogP) is 21.3. The summed E-state index contributed by atoms with van der Waals surface area (Å²) < 4.78 is 16.9. The quantitative estimate of drug-likeness (QED) is 0.0261. The number of rotatable bonds is 57. The molecule has 6 heteroatoms. The van der Waals surface area contributed by atoms with E-state index in [1.54, 1.807) is 0 Å². The minimum atomic E-state index is -0.783. The highest BCUT2D eigenvalue weighted by Crippen LogP contribution is 2.16. The normalized spacial score (nSPS) is 12.5. The summed E-state index contributed by atoms with van der Waals surface area (Å²) in [5.41, 5.74) is 0. The van der Waals surface area contributed by atoms with Crippen molar-refractivity contribution in [3.05, 3.63) is 72.9 Å². The molecule has 0 aromatic heterocycles. The van der Waals surface area contributed by atoms with Gasteiger partial charge in [-0.05, 0) is 109 Å². The Kier molecular flexibility index (Phi) is 58.7. The maximum absolute atomic E-state index is 12.9. The molecule has 1 atom stereocenters. The first kappa shape index (κ1) is 69.8. The van der Waals surface area contributed by atoms with Crippen LogP contribution in [0.3, 0.4) is 0 Å². The monoisotopic (exact) mass is 1020 g/mol. The third-order valence-electron chi connectivity index (χ3n) is 13.6. The Morgan fingerprint density at radius 1 is 0.274 bits per heavy atom. The summed E-state index contributed by atoms with van der Waals surface area (Å²) in [6.07, 6.45) is 79.1. The molecule has 0 aliphatic carbocycles. The number of hydrogen-bond donors (Lipinski definition) is 0. The summed E-state index contributed by atoms with van der Waals surface area (Å²) in [6, 6.07) is 0. The molecule has 422 valence electrons. The van der Waals surface area contributed by atoms with Crippen LogP contribution in [-0.4, -0.2) is 37.2 Å². The molecule has 0 amide bonds. The third kappa shape index (κ3) is 59.6. The van der Waals surface area contributed by atoms with E-state index in [9.17, 15) is 14.4 Å². The SMILES string of the molecule is CCC/C=C\CCCCCCCC(=O)OCC(COC(=O)CCCCCCCCCCCCCC/C=C\C/C=C\C/C=C\CCCCCCC)OC(=O)CCCCCCCCC/C=C\C/C=C\CCCCCC. The smallest absolute Gasteiger partial charge is 0.306 e. The number of unbranched alkanes of at least 4 members (excludes halogenated alkanes) is 34. The van der Waals surface area contributed by atoms with Crippen molar-refractivity contribution in [1.82, 2.24) is 0 Å². The van der Waals surface area contributed by atoms with Gasteiger partial charge in [-0.25, -0.2) is 0 Å². The van der Waals surface area contributed by atoms with Crippen LogP contribution in [0, 0.1) is 0 Å². The molecule has 0 heterocycles. The first-order chi connectivity index (χ1) is 36.0. The Balaban J connectivity index is 4.22. The fourth-order valence-electron chi connectivity index (χ4n) is 8.90. The highest BCUT2D eigenvalue weighted by molar-refractivity contribution is 5.71. The Labute approximate surface area is 453 Å². The lowest BCUT2D eigenvalue weighted by atomic mass is 10.0. The number of carbonyl (C=O) groups excluding carboxylic acids is 3. The maximum atomic E-state index is 12.9. The van der Waals surface area contributed by atoms with Gasteiger partial charge in [-0.15, -0.1) is 0 Å². The fourth-order valence-corrected chi connectivity index (χ4v) is 8.90. The Morgan fingerprint density at radius 2 is 0.521 bits per heavy atom. The molecule has 0 aliphatic heterocycles. The van der Waals surface area contributed by atoms with Gasteiger partial charge in [0.1, 0.15) is 13.2 Å². The van der Waals surface area contributed by atoms with Crippen molar-refractivity contribution < 1.29 is 28.6 Å². The topological polar surface area (TPSA) is 78.9 Å². The molecular formula is C67H118O6. The molecular weight excluding hydrogens is 901 g/mol. The van der Waals surface area contributed by atoms with Gasteiger partial charge in [-0.1, -0.05) is 261 Å². The maximum Gasteiger partial charge on any atom is 0.306 e. The summed E-state index contributed by atoms with van der Waals surface area (Å²) in [5, 5.41) is 0. The van der Waals surface area contributed by atoms with Crippen molar-refractivity contribution in [3.8, 4) is 0 Å². The van der Waals surface area contributed by atoms with Gasteiger partial charge in [0.05, 0.1) is 0 Å². The van der Waals surface area contributed by atoms with Crippen LogP contribution in [0.15, 0.2) is 72.9 Å². The van der Waals surface area contributed by atoms with E-state index in [1.807, 2.05) is 0 Å². The molecule has 0 spiro atoms. The van der Waals surface area contributed by atoms with Crippen LogP contribution in [0.25, 0.3) is 0 Å². The van der Waals surface area contributed by atoms with E-state index >= 15 is 0 Å². The number of allylic oxidation sites excluding steroid dienone is 12. The van der Waals surface area contributed by atoms with Crippen molar-refractivity contribution >= 4 is 17.9 Å². The second kappa shape index (κ2) is 61.4. The highest BCUT2D eigenvalue weighted by Gasteiger charge is 2.19. The van der Waals surface area contributed by atoms with Gasteiger partial charge in [-0.3, -0.25) is 14.4 Å². The highest BCUT2D eigenvalue weighted by atomic mass is 16.6. The summed E-state index contributed by atoms with van der Waals surface area (Å²) in [7, 11) is 0. The number of hydrogen-bond acceptors (Lipinski definition) is 6. The van der Waals surface area contributed by atoms with E-state index in [1.165, 1.54) is 180 Å². The van der Waals surface area contributed by atoms with Crippen LogP contribution in [0.5, 0.6) is 0 Å². The van der Waals surface area contributed by atoms with Gasteiger partial charge < -0.3 is 14.2 Å². The number of esters is 3. The molecule has 0 radical (unpaired) electrons. The van der Waals surface area contributed by atoms with Gasteiger partial charge in [0.15, 0.2) is 6.10 Å². The molecule has 73 heavy (non-hydrogen) atoms. The van der Waals surface area contributed by atoms with E-state index < -0.39 is 6.10 Å². The van der Waals surface area contributed by atoms with Gasteiger partial charge in [0.2, 0.25) is 0 Å². The van der Waals surface area contributed by atoms with Crippen LogP contribution in [-0.2, 0) is 28.6 Å². The first-order valence-electron chi connectivity index (χ1n) is 31.4. The molecule has 0 saturated carbocycles. The molecule has 0 fully saturated rings. The van der Waals surface area contributed by atoms with E-state index in [2.05, 4.69) is 93.7 Å². The van der Waals surface area contributed by atoms with Crippen molar-refractivity contribution in [3.63, 3.8) is 0 Å². The van der Waals surface area contributed by atoms with E-state index in [-0.39, 0.29) is 31.1 Å². The number of ether oxygens (including phenoxy) is 3. The van der Waals surface area contributed by atoms with E-state index in [4.69, 9.17) is 14.2 Å². The van der Waals surface area contributed by atoms with Crippen LogP contribution in [0.2, 0.25) is 0 Å². The van der Waals surface area contributed by atoms with Crippen molar-refractivity contribution in [1.29, 1.82) is 0 Å². The van der Waals surface area contributed by atoms with Crippen molar-refractivity contribution in [2.75, 3.05) is 13.2 Å². The lowest BCUT2D eigenvalue weighted by Gasteiger charge is -2.18. The summed E-state index contributed by atoms with van der Waals surface area (Å²) >= 11 is 0. The average molecular weight is 1020 g/mol. The van der Waals surface area contributed by atoms with Crippen LogP contribution in [0.4, 0.5) is 0 Å². The zero-order chi connectivity index (χ0) is 52.9. The first-order valence-corrected chi connectivity index (χ1v) is 31.4. The Hall–Kier alpha value is -3.15. The minimum Gasteiger partial charge on any atom is -0.462 e. The Morgan fingerprint density at radius 3 is 0.849 bits per heavy atom. The van der Waals surface area contributed by atoms with Crippen LogP contribution < -0.4 is 0 Å². The predicted molar refractivity (Wildman–Crippen MR) is 316 cm³/mol. The lowest BCUT2D eigenvalue weighted by molar-refractivity contribution is -0.167. The van der Waals surface area contributed by atoms with Crippen LogP contribution in [0.1, 0.15) is 316 Å². The Bertz CT molecular complexity index is 1360. The van der Waals surface area contributed by atoms with Gasteiger partial charge in [0.25, 0.3) is 0 Å². The largest absolute Gasteiger partial charge is 0.462 e. The summed E-state index contributed by atoms with van der Waals surface area (Å²) in [4.78, 5) is 38.2. The zero-order valence-corrected chi connectivity index (χ0v) is 48.4. The van der Waals surface area contributed by atoms with E-state index in [0.717, 1.165) is 96.3 Å².